The van der Waals surface area contributed by atoms with Gasteiger partial charge in [0.05, 0.1) is 0 Å². The fourth-order valence-electron chi connectivity index (χ4n) is 1.47. The van der Waals surface area contributed by atoms with Gasteiger partial charge in [-0.05, 0) is 12.8 Å². The molecule has 1 amide bonds. The number of unbranched alkanes of at least 4 members (excludes halogenated alkanes) is 4. The molecular formula is C15H21NO4. The molecule has 1 N–H and O–H groups in total. The number of terminal acetylenes is 2. The van der Waals surface area contributed by atoms with Crippen LogP contribution < -0.4 is 5.32 Å². The Hall–Kier alpha value is -2.14. The molecule has 0 aromatic carbocycles. The lowest BCUT2D eigenvalue weighted by molar-refractivity contribution is -0.142. The zero-order valence-corrected chi connectivity index (χ0v) is 11.7. The summed E-state index contributed by atoms with van der Waals surface area (Å²) in [5, 5.41) is 2.60. The minimum absolute atomic E-state index is 0.0123. The molecule has 0 fully saturated rings. The van der Waals surface area contributed by atoms with E-state index in [1.807, 2.05) is 0 Å². The summed E-state index contributed by atoms with van der Waals surface area (Å²) < 4.78 is 9.39. The van der Waals surface area contributed by atoms with Crippen molar-refractivity contribution in [3.63, 3.8) is 0 Å². The highest BCUT2D eigenvalue weighted by Crippen LogP contribution is 2.05. The summed E-state index contributed by atoms with van der Waals surface area (Å²) in [5.74, 6) is 4.21. The average Bonchev–Trinajstić information content (AvgIpc) is 2.45. The lowest BCUT2D eigenvalue weighted by Gasteiger charge is -2.04. The quantitative estimate of drug-likeness (QED) is 0.376. The lowest BCUT2D eigenvalue weighted by atomic mass is 10.1. The molecule has 0 spiro atoms. The second-order valence-electron chi connectivity index (χ2n) is 4.09. The van der Waals surface area contributed by atoms with Crippen LogP contribution in [0.2, 0.25) is 0 Å². The first-order chi connectivity index (χ1) is 9.70. The van der Waals surface area contributed by atoms with Gasteiger partial charge in [-0.2, -0.15) is 0 Å². The zero-order valence-electron chi connectivity index (χ0n) is 11.7. The molecule has 0 unspecified atom stereocenters. The smallest absolute Gasteiger partial charge is 0.408 e. The maximum absolute atomic E-state index is 11.1. The van der Waals surface area contributed by atoms with E-state index in [0.717, 1.165) is 32.1 Å². The maximum Gasteiger partial charge on any atom is 0.408 e. The van der Waals surface area contributed by atoms with Crippen molar-refractivity contribution in [3.8, 4) is 24.7 Å². The van der Waals surface area contributed by atoms with Crippen molar-refractivity contribution in [1.29, 1.82) is 0 Å². The molecule has 110 valence electrons. The number of alkyl carbamates (subject to hydrolysis) is 1. The predicted octanol–water partition coefficient (Wildman–Crippen LogP) is 1.86. The Labute approximate surface area is 120 Å². The number of ether oxygens (including phenoxy) is 2. The number of carbonyl (C=O) groups is 2. The molecule has 0 aliphatic carbocycles. The van der Waals surface area contributed by atoms with E-state index in [1.165, 1.54) is 0 Å². The van der Waals surface area contributed by atoms with E-state index in [-0.39, 0.29) is 19.2 Å². The molecular weight excluding hydrogens is 258 g/mol. The Bertz CT molecular complexity index is 329. The fourth-order valence-corrected chi connectivity index (χ4v) is 1.47. The molecule has 20 heavy (non-hydrogen) atoms. The van der Waals surface area contributed by atoms with E-state index in [0.29, 0.717) is 13.0 Å². The van der Waals surface area contributed by atoms with Gasteiger partial charge in [0.15, 0.2) is 13.2 Å². The van der Waals surface area contributed by atoms with E-state index in [4.69, 9.17) is 17.6 Å². The molecule has 0 aliphatic heterocycles. The predicted molar refractivity (Wildman–Crippen MR) is 75.7 cm³/mol. The minimum Gasteiger partial charge on any atom is -0.452 e. The van der Waals surface area contributed by atoms with Crippen molar-refractivity contribution in [2.24, 2.45) is 0 Å². The highest BCUT2D eigenvalue weighted by atomic mass is 16.5. The van der Waals surface area contributed by atoms with Crippen molar-refractivity contribution in [1.82, 2.24) is 5.32 Å². The number of esters is 1. The van der Waals surface area contributed by atoms with Gasteiger partial charge in [-0.3, -0.25) is 4.79 Å². The Morgan fingerprint density at radius 1 is 0.900 bits per heavy atom. The van der Waals surface area contributed by atoms with Crippen LogP contribution in [0.15, 0.2) is 0 Å². The van der Waals surface area contributed by atoms with Crippen molar-refractivity contribution >= 4 is 12.1 Å². The second-order valence-corrected chi connectivity index (χ2v) is 4.09. The first kappa shape index (κ1) is 17.9. The number of carbonyl (C=O) groups excluding carboxylic acids is 2. The standard InChI is InChI=1S/C15H21NO4/c1-3-12-19-14(17)10-8-6-5-7-9-11-16-15(18)20-13-4-2/h1-2H,5-13H2,(H,16,18). The van der Waals surface area contributed by atoms with Gasteiger partial charge in [0.25, 0.3) is 0 Å². The molecule has 0 bridgehead atoms. The van der Waals surface area contributed by atoms with Gasteiger partial charge in [0.1, 0.15) is 0 Å². The third kappa shape index (κ3) is 12.3. The van der Waals surface area contributed by atoms with Gasteiger partial charge in [-0.15, -0.1) is 12.8 Å². The van der Waals surface area contributed by atoms with E-state index >= 15 is 0 Å². The fraction of sp³-hybridized carbons (Fsp3) is 0.600. The first-order valence-corrected chi connectivity index (χ1v) is 6.64. The van der Waals surface area contributed by atoms with Crippen molar-refractivity contribution in [3.05, 3.63) is 0 Å². The topological polar surface area (TPSA) is 64.6 Å². The third-order valence-electron chi connectivity index (χ3n) is 2.43. The number of hydrogen-bond acceptors (Lipinski definition) is 4. The highest BCUT2D eigenvalue weighted by Gasteiger charge is 2.02. The van der Waals surface area contributed by atoms with Gasteiger partial charge in [-0.1, -0.05) is 31.1 Å². The summed E-state index contributed by atoms with van der Waals surface area (Å²) in [6.45, 7) is 0.593. The molecule has 0 saturated carbocycles. The molecule has 0 rings (SSSR count). The van der Waals surface area contributed by atoms with E-state index in [2.05, 4.69) is 21.9 Å². The minimum atomic E-state index is -0.487. The van der Waals surface area contributed by atoms with Crippen molar-refractivity contribution < 1.29 is 19.1 Å². The molecule has 0 aromatic rings. The summed E-state index contributed by atoms with van der Waals surface area (Å²) in [6.07, 6.45) is 14.4. The van der Waals surface area contributed by atoms with Crippen molar-refractivity contribution in [2.75, 3.05) is 19.8 Å². The van der Waals surface area contributed by atoms with Crippen LogP contribution >= 0.6 is 0 Å². The Kier molecular flexibility index (Phi) is 11.9. The Morgan fingerprint density at radius 2 is 1.50 bits per heavy atom. The molecule has 0 radical (unpaired) electrons. The number of nitrogens with one attached hydrogen (secondary N) is 1. The van der Waals surface area contributed by atoms with E-state index in [9.17, 15) is 9.59 Å². The van der Waals surface area contributed by atoms with Gasteiger partial charge in [0.2, 0.25) is 0 Å². The molecule has 0 atom stereocenters. The van der Waals surface area contributed by atoms with Crippen molar-refractivity contribution in [2.45, 2.75) is 38.5 Å². The van der Waals surface area contributed by atoms with Crippen LogP contribution in [0.4, 0.5) is 4.79 Å². The largest absolute Gasteiger partial charge is 0.452 e. The van der Waals surface area contributed by atoms with Gasteiger partial charge in [0, 0.05) is 13.0 Å². The molecule has 0 aliphatic rings. The van der Waals surface area contributed by atoms with Crippen LogP contribution in [-0.4, -0.2) is 31.8 Å². The van der Waals surface area contributed by atoms with E-state index in [1.54, 1.807) is 0 Å². The van der Waals surface area contributed by atoms with Crippen LogP contribution in [0.3, 0.4) is 0 Å². The molecule has 0 heterocycles. The maximum atomic E-state index is 11.1. The van der Waals surface area contributed by atoms with E-state index < -0.39 is 6.09 Å². The summed E-state index contributed by atoms with van der Waals surface area (Å²) in [6, 6.07) is 0. The Morgan fingerprint density at radius 3 is 2.20 bits per heavy atom. The van der Waals surface area contributed by atoms with Gasteiger partial charge in [-0.25, -0.2) is 4.79 Å². The monoisotopic (exact) mass is 279 g/mol. The zero-order chi connectivity index (χ0) is 15.1. The summed E-state index contributed by atoms with van der Waals surface area (Å²) >= 11 is 0. The Balaban J connectivity index is 3.25. The van der Waals surface area contributed by atoms with Gasteiger partial charge < -0.3 is 14.8 Å². The average molecular weight is 279 g/mol. The molecule has 5 heteroatoms. The normalized spacial score (nSPS) is 9.10. The molecule has 0 saturated heterocycles. The number of rotatable bonds is 10. The van der Waals surface area contributed by atoms with Crippen LogP contribution in [0.5, 0.6) is 0 Å². The molecule has 5 nitrogen and oxygen atoms in total. The number of amides is 1. The number of hydrogen-bond donors (Lipinski definition) is 1. The van der Waals surface area contributed by atoms with Crippen LogP contribution in [0.1, 0.15) is 38.5 Å². The SMILES string of the molecule is C#CCOC(=O)CCCCCCCNC(=O)OCC#C. The highest BCUT2D eigenvalue weighted by molar-refractivity contribution is 5.69. The summed E-state index contributed by atoms with van der Waals surface area (Å²) in [7, 11) is 0. The molecule has 0 aromatic heterocycles. The lowest BCUT2D eigenvalue weighted by Crippen LogP contribution is -2.25. The van der Waals surface area contributed by atoms with Crippen LogP contribution in [0.25, 0.3) is 0 Å². The summed E-state index contributed by atoms with van der Waals surface area (Å²) in [5.41, 5.74) is 0. The third-order valence-corrected chi connectivity index (χ3v) is 2.43. The van der Waals surface area contributed by atoms with Crippen LogP contribution in [0, 0.1) is 24.7 Å². The summed E-state index contributed by atoms with van der Waals surface area (Å²) in [4.78, 5) is 22.1. The second kappa shape index (κ2) is 13.3. The first-order valence-electron chi connectivity index (χ1n) is 6.64. The van der Waals surface area contributed by atoms with Crippen LogP contribution in [-0.2, 0) is 14.3 Å². The van der Waals surface area contributed by atoms with Gasteiger partial charge >= 0.3 is 12.1 Å².